The van der Waals surface area contributed by atoms with Gasteiger partial charge in [0, 0.05) is 20.4 Å². The van der Waals surface area contributed by atoms with E-state index in [0.29, 0.717) is 0 Å². The average Bonchev–Trinajstić information content (AvgIpc) is 2.18. The molecule has 0 fully saturated rings. The van der Waals surface area contributed by atoms with Gasteiger partial charge in [0.25, 0.3) is 0 Å². The average molecular weight is 296 g/mol. The van der Waals surface area contributed by atoms with Crippen LogP contribution in [-0.2, 0) is 0 Å². The van der Waals surface area contributed by atoms with Crippen LogP contribution in [0.1, 0.15) is 5.69 Å². The third kappa shape index (κ3) is 2.36. The summed E-state index contributed by atoms with van der Waals surface area (Å²) in [5.41, 5.74) is 7.27. The molecule has 0 aliphatic rings. The van der Waals surface area contributed by atoms with Crippen molar-refractivity contribution >= 4 is 43.8 Å². The maximum atomic E-state index is 7.34. The van der Waals surface area contributed by atoms with Gasteiger partial charge in [-0.2, -0.15) is 0 Å². The van der Waals surface area contributed by atoms with Crippen LogP contribution in [0.4, 0.5) is 0 Å². The summed E-state index contributed by atoms with van der Waals surface area (Å²) in [6.45, 7) is 1.94. The monoisotopic (exact) mass is 295 g/mol. The van der Waals surface area contributed by atoms with Crippen LogP contribution in [0.2, 0.25) is 0 Å². The second-order valence-electron chi connectivity index (χ2n) is 3.39. The lowest BCUT2D eigenvalue weighted by molar-refractivity contribution is 1.22. The van der Waals surface area contributed by atoms with Crippen molar-refractivity contribution in [3.05, 3.63) is 34.4 Å². The number of fused-ring (bicyclic) bond motifs is 1. The molecule has 0 saturated heterocycles. The molecule has 82 valence electrons. The Bertz CT molecular complexity index is 568. The zero-order chi connectivity index (χ0) is 11.7. The Kier molecular flexibility index (Phi) is 3.16. The van der Waals surface area contributed by atoms with Crippen molar-refractivity contribution in [1.82, 2.24) is 4.98 Å². The summed E-state index contributed by atoms with van der Waals surface area (Å²) in [6.07, 6.45) is 0. The lowest BCUT2D eigenvalue weighted by atomic mass is 10.2. The molecule has 16 heavy (non-hydrogen) atoms. The molecule has 0 atom stereocenters. The van der Waals surface area contributed by atoms with Crippen molar-refractivity contribution in [3.8, 4) is 0 Å². The number of thioether (sulfide) groups is 1. The third-order valence-corrected chi connectivity index (χ3v) is 3.35. The Labute approximate surface area is 106 Å². The Morgan fingerprint density at radius 1 is 1.44 bits per heavy atom. The number of halogens is 1. The number of nitrogens with one attached hydrogen (secondary N) is 1. The first-order chi connectivity index (χ1) is 7.56. The van der Waals surface area contributed by atoms with Gasteiger partial charge in [-0.3, -0.25) is 10.4 Å². The third-order valence-electron chi connectivity index (χ3n) is 2.08. The molecule has 2 aromatic rings. The van der Waals surface area contributed by atoms with Crippen molar-refractivity contribution in [2.75, 3.05) is 0 Å². The van der Waals surface area contributed by atoms with E-state index in [1.54, 1.807) is 0 Å². The van der Waals surface area contributed by atoms with Crippen molar-refractivity contribution in [2.24, 2.45) is 5.73 Å². The van der Waals surface area contributed by atoms with Gasteiger partial charge in [0.2, 0.25) is 0 Å². The normalized spacial score (nSPS) is 10.6. The smallest absolute Gasteiger partial charge is 0.155 e. The SMILES string of the molecule is Cc1cc(SC(=N)N)c2cc(Br)ccc2n1. The Morgan fingerprint density at radius 3 is 2.88 bits per heavy atom. The minimum absolute atomic E-state index is 0.0897. The van der Waals surface area contributed by atoms with Crippen molar-refractivity contribution in [3.63, 3.8) is 0 Å². The fourth-order valence-electron chi connectivity index (χ4n) is 1.50. The zero-order valence-corrected chi connectivity index (χ0v) is 11.0. The summed E-state index contributed by atoms with van der Waals surface area (Å²) < 4.78 is 0.996. The first-order valence-corrected chi connectivity index (χ1v) is 6.26. The number of aryl methyl sites for hydroxylation is 1. The second kappa shape index (κ2) is 4.43. The van der Waals surface area contributed by atoms with Gasteiger partial charge < -0.3 is 5.73 Å². The van der Waals surface area contributed by atoms with E-state index in [9.17, 15) is 0 Å². The standard InChI is InChI=1S/C11H10BrN3S/c1-6-4-10(16-11(13)14)8-5-7(12)2-3-9(8)15-6/h2-5H,1H3,(H3,13,14). The maximum Gasteiger partial charge on any atom is 0.155 e. The predicted molar refractivity (Wildman–Crippen MR) is 72.0 cm³/mol. The van der Waals surface area contributed by atoms with E-state index in [4.69, 9.17) is 11.1 Å². The molecule has 0 amide bonds. The summed E-state index contributed by atoms with van der Waals surface area (Å²) in [7, 11) is 0. The first-order valence-electron chi connectivity index (χ1n) is 4.65. The van der Waals surface area contributed by atoms with Gasteiger partial charge in [-0.15, -0.1) is 0 Å². The van der Waals surface area contributed by atoms with Crippen LogP contribution in [0.3, 0.4) is 0 Å². The number of nitrogens with zero attached hydrogens (tertiary/aromatic N) is 1. The summed E-state index contributed by atoms with van der Waals surface area (Å²) in [4.78, 5) is 5.41. The largest absolute Gasteiger partial charge is 0.378 e. The molecular formula is C11H10BrN3S. The Balaban J connectivity index is 2.69. The molecule has 0 bridgehead atoms. The van der Waals surface area contributed by atoms with Gasteiger partial charge in [0.05, 0.1) is 5.52 Å². The molecule has 1 aromatic carbocycles. The van der Waals surface area contributed by atoms with Crippen LogP contribution in [0, 0.1) is 12.3 Å². The summed E-state index contributed by atoms with van der Waals surface area (Å²) in [6, 6.07) is 7.85. The number of amidine groups is 1. The van der Waals surface area contributed by atoms with Crippen LogP contribution < -0.4 is 5.73 Å². The van der Waals surface area contributed by atoms with Crippen LogP contribution in [0.5, 0.6) is 0 Å². The van der Waals surface area contributed by atoms with E-state index >= 15 is 0 Å². The highest BCUT2D eigenvalue weighted by atomic mass is 79.9. The van der Waals surface area contributed by atoms with Gasteiger partial charge in [-0.05, 0) is 31.2 Å². The van der Waals surface area contributed by atoms with Gasteiger partial charge in [-0.25, -0.2) is 0 Å². The molecule has 2 rings (SSSR count). The number of hydrogen-bond acceptors (Lipinski definition) is 3. The second-order valence-corrected chi connectivity index (χ2v) is 5.39. The Hall–Kier alpha value is -1.07. The quantitative estimate of drug-likeness (QED) is 0.482. The van der Waals surface area contributed by atoms with Crippen molar-refractivity contribution in [1.29, 1.82) is 5.41 Å². The molecule has 1 aromatic heterocycles. The first kappa shape index (κ1) is 11.4. The van der Waals surface area contributed by atoms with Crippen LogP contribution in [0.25, 0.3) is 10.9 Å². The lowest BCUT2D eigenvalue weighted by Crippen LogP contribution is -2.03. The highest BCUT2D eigenvalue weighted by Crippen LogP contribution is 2.29. The number of pyridine rings is 1. The molecular weight excluding hydrogens is 286 g/mol. The van der Waals surface area contributed by atoms with Gasteiger partial charge in [0.15, 0.2) is 5.17 Å². The molecule has 0 aliphatic carbocycles. The van der Waals surface area contributed by atoms with Gasteiger partial charge >= 0.3 is 0 Å². The summed E-state index contributed by atoms with van der Waals surface area (Å²) in [5.74, 6) is 0. The van der Waals surface area contributed by atoms with Crippen molar-refractivity contribution < 1.29 is 0 Å². The number of benzene rings is 1. The van der Waals surface area contributed by atoms with Gasteiger partial charge in [0.1, 0.15) is 0 Å². The molecule has 3 N–H and O–H groups in total. The number of rotatable bonds is 1. The number of aromatic nitrogens is 1. The van der Waals surface area contributed by atoms with Crippen LogP contribution >= 0.6 is 27.7 Å². The molecule has 0 radical (unpaired) electrons. The predicted octanol–water partition coefficient (Wildman–Crippen LogP) is 3.29. The Morgan fingerprint density at radius 2 is 2.19 bits per heavy atom. The molecule has 0 unspecified atom stereocenters. The van der Waals surface area contributed by atoms with Crippen LogP contribution in [-0.4, -0.2) is 10.2 Å². The number of nitrogens with two attached hydrogens (primary N) is 1. The maximum absolute atomic E-state index is 7.34. The molecule has 5 heteroatoms. The molecule has 0 aliphatic heterocycles. The highest BCUT2D eigenvalue weighted by Gasteiger charge is 2.06. The van der Waals surface area contributed by atoms with Crippen molar-refractivity contribution in [2.45, 2.75) is 11.8 Å². The van der Waals surface area contributed by atoms with E-state index in [2.05, 4.69) is 20.9 Å². The fourth-order valence-corrected chi connectivity index (χ4v) is 2.60. The molecule has 0 spiro atoms. The summed E-state index contributed by atoms with van der Waals surface area (Å²) >= 11 is 4.68. The topological polar surface area (TPSA) is 62.8 Å². The molecule has 3 nitrogen and oxygen atoms in total. The van der Waals surface area contributed by atoms with E-state index in [1.165, 1.54) is 11.8 Å². The summed E-state index contributed by atoms with van der Waals surface area (Å²) in [5, 5.41) is 8.44. The zero-order valence-electron chi connectivity index (χ0n) is 8.62. The lowest BCUT2D eigenvalue weighted by Gasteiger charge is -2.06. The minimum Gasteiger partial charge on any atom is -0.378 e. The molecule has 1 heterocycles. The fraction of sp³-hybridized carbons (Fsp3) is 0.0909. The van der Waals surface area contributed by atoms with Gasteiger partial charge in [-0.1, -0.05) is 27.7 Å². The number of hydrogen-bond donors (Lipinski definition) is 2. The van der Waals surface area contributed by atoms with E-state index in [0.717, 1.165) is 26.0 Å². The minimum atomic E-state index is 0.0897. The molecule has 0 saturated carbocycles. The van der Waals surface area contributed by atoms with E-state index in [-0.39, 0.29) is 5.17 Å². The van der Waals surface area contributed by atoms with E-state index in [1.807, 2.05) is 31.2 Å². The van der Waals surface area contributed by atoms with Crippen LogP contribution in [0.15, 0.2) is 33.6 Å². The highest BCUT2D eigenvalue weighted by molar-refractivity contribution is 9.10. The van der Waals surface area contributed by atoms with E-state index < -0.39 is 0 Å².